The Bertz CT molecular complexity index is 424. The average Bonchev–Trinajstić information content (AvgIpc) is 2.74. The summed E-state index contributed by atoms with van der Waals surface area (Å²) in [6.07, 6.45) is 1.23. The Morgan fingerprint density at radius 1 is 1.56 bits per heavy atom. The Labute approximate surface area is 111 Å². The first-order valence-corrected chi connectivity index (χ1v) is 6.37. The van der Waals surface area contributed by atoms with Gasteiger partial charge in [0.05, 0.1) is 6.42 Å². The van der Waals surface area contributed by atoms with Gasteiger partial charge in [-0.3, -0.25) is 9.69 Å². The maximum absolute atomic E-state index is 10.5. The molecule has 98 valence electrons. The molecule has 0 aliphatic carbocycles. The van der Waals surface area contributed by atoms with E-state index in [2.05, 4.69) is 4.90 Å². The Morgan fingerprint density at radius 2 is 2.39 bits per heavy atom. The molecule has 2 rings (SSSR count). The lowest BCUT2D eigenvalue weighted by atomic mass is 10.3. The van der Waals surface area contributed by atoms with E-state index in [9.17, 15) is 4.79 Å². The third-order valence-electron chi connectivity index (χ3n) is 2.97. The van der Waals surface area contributed by atoms with E-state index >= 15 is 0 Å². The van der Waals surface area contributed by atoms with Gasteiger partial charge in [-0.1, -0.05) is 17.7 Å². The van der Waals surface area contributed by atoms with Crippen LogP contribution in [-0.4, -0.2) is 41.7 Å². The predicted molar refractivity (Wildman–Crippen MR) is 69.2 cm³/mol. The quantitative estimate of drug-likeness (QED) is 0.891. The smallest absolute Gasteiger partial charge is 0.304 e. The number of ether oxygens (including phenoxy) is 1. The van der Waals surface area contributed by atoms with E-state index in [1.165, 1.54) is 0 Å². The fourth-order valence-corrected chi connectivity index (χ4v) is 2.26. The van der Waals surface area contributed by atoms with Gasteiger partial charge in [-0.25, -0.2) is 0 Å². The molecule has 4 nitrogen and oxygen atoms in total. The lowest BCUT2D eigenvalue weighted by Gasteiger charge is -2.16. The zero-order chi connectivity index (χ0) is 13.0. The van der Waals surface area contributed by atoms with Crippen LogP contribution in [0.2, 0.25) is 5.02 Å². The largest absolute Gasteiger partial charge is 0.489 e. The van der Waals surface area contributed by atoms with Crippen LogP contribution in [0.15, 0.2) is 24.3 Å². The van der Waals surface area contributed by atoms with Gasteiger partial charge in [0, 0.05) is 24.7 Å². The molecule has 5 heteroatoms. The van der Waals surface area contributed by atoms with Gasteiger partial charge in [-0.05, 0) is 24.6 Å². The zero-order valence-corrected chi connectivity index (χ0v) is 10.8. The van der Waals surface area contributed by atoms with Crippen LogP contribution in [0.25, 0.3) is 0 Å². The minimum absolute atomic E-state index is 0.122. The Kier molecular flexibility index (Phi) is 4.44. The van der Waals surface area contributed by atoms with Gasteiger partial charge in [0.25, 0.3) is 0 Å². The predicted octanol–water partition coefficient (Wildman–Crippen LogP) is 2.27. The molecule has 1 aliphatic rings. The molecule has 0 spiro atoms. The number of carboxylic acids is 1. The summed E-state index contributed by atoms with van der Waals surface area (Å²) in [7, 11) is 0. The molecule has 18 heavy (non-hydrogen) atoms. The van der Waals surface area contributed by atoms with Gasteiger partial charge < -0.3 is 9.84 Å². The second-order valence-corrected chi connectivity index (χ2v) is 4.87. The molecular weight excluding hydrogens is 254 g/mol. The lowest BCUT2D eigenvalue weighted by Crippen LogP contribution is -2.27. The summed E-state index contributed by atoms with van der Waals surface area (Å²) < 4.78 is 5.82. The van der Waals surface area contributed by atoms with Crippen LogP contribution in [-0.2, 0) is 4.79 Å². The third kappa shape index (κ3) is 3.89. The van der Waals surface area contributed by atoms with E-state index in [0.29, 0.717) is 11.6 Å². The van der Waals surface area contributed by atoms with Gasteiger partial charge >= 0.3 is 5.97 Å². The average molecular weight is 270 g/mol. The molecule has 1 saturated heterocycles. The minimum Gasteiger partial charge on any atom is -0.489 e. The summed E-state index contributed by atoms with van der Waals surface area (Å²) in [5, 5.41) is 9.29. The molecule has 0 saturated carbocycles. The fourth-order valence-electron chi connectivity index (χ4n) is 2.08. The first-order valence-electron chi connectivity index (χ1n) is 6.00. The standard InChI is InChI=1S/C13H16ClNO3/c14-10-2-1-3-11(8-10)18-12-4-6-15(9-12)7-5-13(16)17/h1-3,8,12H,4-7,9H2,(H,16,17). The summed E-state index contributed by atoms with van der Waals surface area (Å²) in [5.41, 5.74) is 0. The van der Waals surface area contributed by atoms with E-state index in [1.807, 2.05) is 18.2 Å². The minimum atomic E-state index is -0.755. The molecular formula is C13H16ClNO3. The number of halogens is 1. The summed E-state index contributed by atoms with van der Waals surface area (Å²) in [5.74, 6) is 0.0156. The molecule has 1 heterocycles. The highest BCUT2D eigenvalue weighted by Gasteiger charge is 2.24. The van der Waals surface area contributed by atoms with E-state index < -0.39 is 5.97 Å². The molecule has 1 fully saturated rings. The summed E-state index contributed by atoms with van der Waals surface area (Å²) in [4.78, 5) is 12.6. The van der Waals surface area contributed by atoms with Crippen molar-refractivity contribution in [2.45, 2.75) is 18.9 Å². The normalized spacial score (nSPS) is 19.9. The highest BCUT2D eigenvalue weighted by atomic mass is 35.5. The van der Waals surface area contributed by atoms with Crippen molar-refractivity contribution in [3.8, 4) is 5.75 Å². The number of carbonyl (C=O) groups is 1. The van der Waals surface area contributed by atoms with Gasteiger partial charge in [0.1, 0.15) is 11.9 Å². The molecule has 0 amide bonds. The van der Waals surface area contributed by atoms with Crippen LogP contribution >= 0.6 is 11.6 Å². The number of likely N-dealkylation sites (tertiary alicyclic amines) is 1. The molecule has 0 aromatic heterocycles. The number of benzene rings is 1. The molecule has 1 N–H and O–H groups in total. The van der Waals surface area contributed by atoms with Crippen molar-refractivity contribution in [1.29, 1.82) is 0 Å². The van der Waals surface area contributed by atoms with E-state index in [1.54, 1.807) is 6.07 Å². The highest BCUT2D eigenvalue weighted by Crippen LogP contribution is 2.21. The topological polar surface area (TPSA) is 49.8 Å². The van der Waals surface area contributed by atoms with Crippen molar-refractivity contribution in [1.82, 2.24) is 4.90 Å². The number of nitrogens with zero attached hydrogens (tertiary/aromatic N) is 1. The number of rotatable bonds is 5. The van der Waals surface area contributed by atoms with Crippen molar-refractivity contribution in [2.75, 3.05) is 19.6 Å². The van der Waals surface area contributed by atoms with Crippen molar-refractivity contribution in [2.24, 2.45) is 0 Å². The Hall–Kier alpha value is -1.26. The first kappa shape index (κ1) is 13.2. The maximum Gasteiger partial charge on any atom is 0.304 e. The van der Waals surface area contributed by atoms with Crippen molar-refractivity contribution >= 4 is 17.6 Å². The fraction of sp³-hybridized carbons (Fsp3) is 0.462. The van der Waals surface area contributed by atoms with Crippen molar-refractivity contribution < 1.29 is 14.6 Å². The zero-order valence-electron chi connectivity index (χ0n) is 10.0. The van der Waals surface area contributed by atoms with E-state index in [-0.39, 0.29) is 12.5 Å². The Balaban J connectivity index is 1.80. The van der Waals surface area contributed by atoms with Crippen LogP contribution < -0.4 is 4.74 Å². The van der Waals surface area contributed by atoms with Crippen LogP contribution in [0.3, 0.4) is 0 Å². The van der Waals surface area contributed by atoms with Crippen molar-refractivity contribution in [3.05, 3.63) is 29.3 Å². The molecule has 1 atom stereocenters. The van der Waals surface area contributed by atoms with Gasteiger partial charge in [-0.15, -0.1) is 0 Å². The third-order valence-corrected chi connectivity index (χ3v) is 3.20. The first-order chi connectivity index (χ1) is 8.63. The number of hydrogen-bond donors (Lipinski definition) is 1. The van der Waals surface area contributed by atoms with Crippen LogP contribution in [0.4, 0.5) is 0 Å². The number of aliphatic carboxylic acids is 1. The number of carboxylic acid groups (broad SMARTS) is 1. The van der Waals surface area contributed by atoms with E-state index in [4.69, 9.17) is 21.4 Å². The monoisotopic (exact) mass is 269 g/mol. The second kappa shape index (κ2) is 6.07. The molecule has 0 radical (unpaired) electrons. The van der Waals surface area contributed by atoms with E-state index in [0.717, 1.165) is 25.3 Å². The van der Waals surface area contributed by atoms with Crippen LogP contribution in [0.5, 0.6) is 5.75 Å². The maximum atomic E-state index is 10.5. The summed E-state index contributed by atoms with van der Waals surface area (Å²) in [6.45, 7) is 2.25. The summed E-state index contributed by atoms with van der Waals surface area (Å²) >= 11 is 5.89. The van der Waals surface area contributed by atoms with Gasteiger partial charge in [-0.2, -0.15) is 0 Å². The number of hydrogen-bond acceptors (Lipinski definition) is 3. The van der Waals surface area contributed by atoms with Crippen LogP contribution in [0, 0.1) is 0 Å². The SMILES string of the molecule is O=C(O)CCN1CCC(Oc2cccc(Cl)c2)C1. The summed E-state index contributed by atoms with van der Waals surface area (Å²) in [6, 6.07) is 7.34. The Morgan fingerprint density at radius 3 is 3.11 bits per heavy atom. The highest BCUT2D eigenvalue weighted by molar-refractivity contribution is 6.30. The van der Waals surface area contributed by atoms with Crippen molar-refractivity contribution in [3.63, 3.8) is 0 Å². The van der Waals surface area contributed by atoms with Gasteiger partial charge in [0.2, 0.25) is 0 Å². The molecule has 1 aliphatic heterocycles. The van der Waals surface area contributed by atoms with Crippen LogP contribution in [0.1, 0.15) is 12.8 Å². The molecule has 1 aromatic rings. The molecule has 0 bridgehead atoms. The lowest BCUT2D eigenvalue weighted by molar-refractivity contribution is -0.137. The second-order valence-electron chi connectivity index (χ2n) is 4.43. The molecule has 1 unspecified atom stereocenters. The van der Waals surface area contributed by atoms with Gasteiger partial charge in [0.15, 0.2) is 0 Å². The molecule has 1 aromatic carbocycles.